The summed E-state index contributed by atoms with van der Waals surface area (Å²) in [6.07, 6.45) is 0. The Kier molecular flexibility index (Phi) is 4.59. The summed E-state index contributed by atoms with van der Waals surface area (Å²) in [6.45, 7) is 0. The van der Waals surface area contributed by atoms with Crippen LogP contribution in [0.3, 0.4) is 0 Å². The Labute approximate surface area is 126 Å². The fourth-order valence-electron chi connectivity index (χ4n) is 1.53. The zero-order valence-electron chi connectivity index (χ0n) is 11.6. The molecule has 0 fully saturated rings. The largest absolute Gasteiger partial charge is 0.478 e. The molecule has 0 amide bonds. The van der Waals surface area contributed by atoms with Gasteiger partial charge in [0.2, 0.25) is 11.9 Å². The maximum absolute atomic E-state index is 10.8. The average Bonchev–Trinajstić information content (AvgIpc) is 2.45. The molecule has 0 aliphatic heterocycles. The van der Waals surface area contributed by atoms with Crippen LogP contribution in [-0.2, 0) is 5.75 Å². The Hall–Kier alpha value is -2.35. The van der Waals surface area contributed by atoms with Crippen molar-refractivity contribution in [2.45, 2.75) is 10.6 Å². The van der Waals surface area contributed by atoms with Crippen molar-refractivity contribution in [3.63, 3.8) is 0 Å². The van der Waals surface area contributed by atoms with Crippen molar-refractivity contribution in [3.8, 4) is 0 Å². The number of anilines is 2. The van der Waals surface area contributed by atoms with E-state index in [4.69, 9.17) is 10.8 Å². The molecule has 0 aliphatic rings. The molecule has 2 aromatic rings. The van der Waals surface area contributed by atoms with Gasteiger partial charge in [-0.15, -0.1) is 11.8 Å². The first-order chi connectivity index (χ1) is 9.95. The van der Waals surface area contributed by atoms with Crippen molar-refractivity contribution in [1.29, 1.82) is 0 Å². The monoisotopic (exact) mass is 305 g/mol. The first-order valence-corrected chi connectivity index (χ1v) is 7.08. The van der Waals surface area contributed by atoms with Gasteiger partial charge in [0.15, 0.2) is 0 Å². The molecule has 0 unspecified atom stereocenters. The molecule has 2 rings (SSSR count). The van der Waals surface area contributed by atoms with Crippen LogP contribution in [0, 0.1) is 0 Å². The number of aromatic carboxylic acids is 1. The Balaban J connectivity index is 2.07. The number of benzene rings is 1. The van der Waals surface area contributed by atoms with Gasteiger partial charge in [-0.25, -0.2) is 4.79 Å². The van der Waals surface area contributed by atoms with E-state index in [9.17, 15) is 4.79 Å². The Morgan fingerprint density at radius 1 is 1.24 bits per heavy atom. The molecule has 3 N–H and O–H groups in total. The Morgan fingerprint density at radius 3 is 2.48 bits per heavy atom. The van der Waals surface area contributed by atoms with E-state index in [0.717, 1.165) is 4.90 Å². The molecular weight excluding hydrogens is 290 g/mol. The SMILES string of the molecule is CN(C)c1nc(N)nc(CSc2ccc(C(=O)O)cc2)n1. The van der Waals surface area contributed by atoms with Crippen LogP contribution < -0.4 is 10.6 Å². The summed E-state index contributed by atoms with van der Waals surface area (Å²) < 4.78 is 0. The van der Waals surface area contributed by atoms with Crippen molar-refractivity contribution in [1.82, 2.24) is 15.0 Å². The van der Waals surface area contributed by atoms with E-state index in [1.165, 1.54) is 11.8 Å². The van der Waals surface area contributed by atoms with Crippen molar-refractivity contribution >= 4 is 29.6 Å². The maximum atomic E-state index is 10.8. The van der Waals surface area contributed by atoms with Crippen LogP contribution in [0.4, 0.5) is 11.9 Å². The molecule has 1 heterocycles. The van der Waals surface area contributed by atoms with Crippen molar-refractivity contribution < 1.29 is 9.90 Å². The molecule has 21 heavy (non-hydrogen) atoms. The van der Waals surface area contributed by atoms with Gasteiger partial charge in [-0.05, 0) is 24.3 Å². The molecule has 0 aliphatic carbocycles. The van der Waals surface area contributed by atoms with Crippen LogP contribution in [0.15, 0.2) is 29.2 Å². The summed E-state index contributed by atoms with van der Waals surface area (Å²) in [7, 11) is 3.66. The Morgan fingerprint density at radius 2 is 1.90 bits per heavy atom. The predicted molar refractivity (Wildman–Crippen MR) is 81.5 cm³/mol. The molecule has 0 bridgehead atoms. The third-order valence-electron chi connectivity index (χ3n) is 2.56. The summed E-state index contributed by atoms with van der Waals surface area (Å²) >= 11 is 1.50. The Bertz CT molecular complexity index is 646. The number of thioether (sulfide) groups is 1. The lowest BCUT2D eigenvalue weighted by atomic mass is 10.2. The van der Waals surface area contributed by atoms with E-state index in [2.05, 4.69) is 15.0 Å². The van der Waals surface area contributed by atoms with Gasteiger partial charge in [-0.1, -0.05) is 0 Å². The van der Waals surface area contributed by atoms with E-state index in [-0.39, 0.29) is 11.5 Å². The fraction of sp³-hybridized carbons (Fsp3) is 0.231. The van der Waals surface area contributed by atoms with Crippen LogP contribution >= 0.6 is 11.8 Å². The quantitative estimate of drug-likeness (QED) is 0.801. The van der Waals surface area contributed by atoms with Gasteiger partial charge >= 0.3 is 5.97 Å². The summed E-state index contributed by atoms with van der Waals surface area (Å²) in [5.74, 6) is 0.871. The van der Waals surface area contributed by atoms with Gasteiger partial charge in [0.25, 0.3) is 0 Å². The number of nitrogen functional groups attached to an aromatic ring is 1. The standard InChI is InChI=1S/C13H15N5O2S/c1-18(2)13-16-10(15-12(14)17-13)7-21-9-5-3-8(4-6-9)11(19)20/h3-6H,7H2,1-2H3,(H,19,20)(H2,14,15,16,17). The highest BCUT2D eigenvalue weighted by molar-refractivity contribution is 7.98. The van der Waals surface area contributed by atoms with Gasteiger partial charge in [0, 0.05) is 19.0 Å². The molecule has 0 radical (unpaired) electrons. The normalized spacial score (nSPS) is 10.4. The zero-order valence-corrected chi connectivity index (χ0v) is 12.5. The van der Waals surface area contributed by atoms with Gasteiger partial charge in [0.05, 0.1) is 11.3 Å². The zero-order chi connectivity index (χ0) is 15.4. The number of aromatic nitrogens is 3. The number of carboxylic acids is 1. The molecular formula is C13H15N5O2S. The van der Waals surface area contributed by atoms with Gasteiger partial charge < -0.3 is 15.7 Å². The van der Waals surface area contributed by atoms with Crippen LogP contribution in [0.2, 0.25) is 0 Å². The third kappa shape index (κ3) is 4.06. The fourth-order valence-corrected chi connectivity index (χ4v) is 2.28. The highest BCUT2D eigenvalue weighted by Gasteiger charge is 2.07. The topological polar surface area (TPSA) is 105 Å². The minimum atomic E-state index is -0.938. The van der Waals surface area contributed by atoms with E-state index < -0.39 is 5.97 Å². The first kappa shape index (κ1) is 15.0. The second kappa shape index (κ2) is 6.40. The van der Waals surface area contributed by atoms with E-state index in [0.29, 0.717) is 17.5 Å². The third-order valence-corrected chi connectivity index (χ3v) is 3.56. The van der Waals surface area contributed by atoms with Gasteiger partial charge in [0.1, 0.15) is 5.82 Å². The van der Waals surface area contributed by atoms with Crippen LogP contribution in [0.1, 0.15) is 16.2 Å². The number of nitrogens with two attached hydrogens (primary N) is 1. The van der Waals surface area contributed by atoms with E-state index in [1.807, 2.05) is 14.1 Å². The molecule has 0 atom stereocenters. The predicted octanol–water partition coefficient (Wildman–Crippen LogP) is 1.51. The molecule has 8 heteroatoms. The molecule has 1 aromatic heterocycles. The second-order valence-electron chi connectivity index (χ2n) is 4.42. The molecule has 110 valence electrons. The second-order valence-corrected chi connectivity index (χ2v) is 5.47. The number of nitrogens with zero attached hydrogens (tertiary/aromatic N) is 4. The molecule has 1 aromatic carbocycles. The lowest BCUT2D eigenvalue weighted by Crippen LogP contribution is -2.15. The van der Waals surface area contributed by atoms with E-state index >= 15 is 0 Å². The van der Waals surface area contributed by atoms with Gasteiger partial charge in [-0.2, -0.15) is 15.0 Å². The highest BCUT2D eigenvalue weighted by Crippen LogP contribution is 2.22. The molecule has 7 nitrogen and oxygen atoms in total. The van der Waals surface area contributed by atoms with Crippen molar-refractivity contribution in [3.05, 3.63) is 35.7 Å². The van der Waals surface area contributed by atoms with Crippen LogP contribution in [0.25, 0.3) is 0 Å². The van der Waals surface area contributed by atoms with E-state index in [1.54, 1.807) is 29.2 Å². The summed E-state index contributed by atoms with van der Waals surface area (Å²) in [5.41, 5.74) is 5.92. The number of carboxylic acid groups (broad SMARTS) is 1. The van der Waals surface area contributed by atoms with Crippen LogP contribution in [0.5, 0.6) is 0 Å². The molecule has 0 saturated heterocycles. The molecule has 0 spiro atoms. The lowest BCUT2D eigenvalue weighted by molar-refractivity contribution is 0.0697. The number of rotatable bonds is 5. The average molecular weight is 305 g/mol. The smallest absolute Gasteiger partial charge is 0.335 e. The number of hydrogen-bond donors (Lipinski definition) is 2. The van der Waals surface area contributed by atoms with Crippen molar-refractivity contribution in [2.24, 2.45) is 0 Å². The van der Waals surface area contributed by atoms with Gasteiger partial charge in [-0.3, -0.25) is 0 Å². The minimum absolute atomic E-state index is 0.186. The maximum Gasteiger partial charge on any atom is 0.335 e. The minimum Gasteiger partial charge on any atom is -0.478 e. The summed E-state index contributed by atoms with van der Waals surface area (Å²) in [5, 5.41) is 8.84. The molecule has 0 saturated carbocycles. The summed E-state index contributed by atoms with van der Waals surface area (Å²) in [4.78, 5) is 25.9. The summed E-state index contributed by atoms with van der Waals surface area (Å²) in [6, 6.07) is 6.65. The first-order valence-electron chi connectivity index (χ1n) is 6.09. The number of carbonyl (C=O) groups is 1. The number of hydrogen-bond acceptors (Lipinski definition) is 7. The van der Waals surface area contributed by atoms with Crippen LogP contribution in [-0.4, -0.2) is 40.1 Å². The van der Waals surface area contributed by atoms with Crippen molar-refractivity contribution in [2.75, 3.05) is 24.7 Å². The lowest BCUT2D eigenvalue weighted by Gasteiger charge is -2.11. The highest BCUT2D eigenvalue weighted by atomic mass is 32.2.